The molecular formula is C22H28N2. The molecule has 1 heterocycles. The molecule has 3 rings (SSSR count). The van der Waals surface area contributed by atoms with Crippen molar-refractivity contribution < 1.29 is 0 Å². The number of hydrogen-bond acceptors (Lipinski definition) is 2. The van der Waals surface area contributed by atoms with E-state index in [0.717, 1.165) is 17.0 Å². The van der Waals surface area contributed by atoms with Crippen molar-refractivity contribution in [2.45, 2.75) is 53.4 Å². The molecule has 126 valence electrons. The zero-order valence-electron chi connectivity index (χ0n) is 15.3. The molecule has 0 radical (unpaired) electrons. The molecule has 0 unspecified atom stereocenters. The Morgan fingerprint density at radius 1 is 0.875 bits per heavy atom. The van der Waals surface area contributed by atoms with E-state index in [1.807, 2.05) is 26.2 Å². The maximum Gasteiger partial charge on any atom is 0.204 e. The SMILES string of the molecule is CC.Cc1ccc(-c2cnc(C#CC3CCC(C)CC3)nc2)cc1. The second-order valence-electron chi connectivity index (χ2n) is 6.39. The van der Waals surface area contributed by atoms with Crippen molar-refractivity contribution >= 4 is 0 Å². The Labute approximate surface area is 146 Å². The van der Waals surface area contributed by atoms with Crippen LogP contribution in [-0.2, 0) is 0 Å². The Kier molecular flexibility index (Phi) is 7.00. The van der Waals surface area contributed by atoms with Crippen LogP contribution in [0, 0.1) is 30.6 Å². The highest BCUT2D eigenvalue weighted by atomic mass is 14.8. The highest BCUT2D eigenvalue weighted by Gasteiger charge is 2.15. The van der Waals surface area contributed by atoms with Gasteiger partial charge in [-0.3, -0.25) is 0 Å². The number of rotatable bonds is 1. The van der Waals surface area contributed by atoms with Gasteiger partial charge in [0.1, 0.15) is 0 Å². The fraction of sp³-hybridized carbons (Fsp3) is 0.455. The first kappa shape index (κ1) is 18.2. The summed E-state index contributed by atoms with van der Waals surface area (Å²) >= 11 is 0. The van der Waals surface area contributed by atoms with Crippen LogP contribution in [0.15, 0.2) is 36.7 Å². The number of aromatic nitrogens is 2. The standard InChI is InChI=1S/C20H22N2.C2H6/c1-15-3-7-17(8-4-15)9-12-20-21-13-19(14-22-20)18-10-5-16(2)6-11-18;1-2/h5-6,10-11,13-15,17H,3-4,7-8H2,1-2H3;1-2H3. The second kappa shape index (κ2) is 9.23. The fourth-order valence-electron chi connectivity index (χ4n) is 2.86. The normalized spacial score (nSPS) is 19.5. The molecular weight excluding hydrogens is 292 g/mol. The third-order valence-electron chi connectivity index (χ3n) is 4.44. The number of benzene rings is 1. The molecule has 24 heavy (non-hydrogen) atoms. The van der Waals surface area contributed by atoms with Gasteiger partial charge in [0.2, 0.25) is 5.82 Å². The van der Waals surface area contributed by atoms with Gasteiger partial charge < -0.3 is 0 Å². The highest BCUT2D eigenvalue weighted by molar-refractivity contribution is 5.61. The van der Waals surface area contributed by atoms with Gasteiger partial charge in [-0.1, -0.05) is 56.5 Å². The summed E-state index contributed by atoms with van der Waals surface area (Å²) in [5.41, 5.74) is 3.44. The van der Waals surface area contributed by atoms with E-state index in [1.54, 1.807) is 0 Å². The Hall–Kier alpha value is -2.14. The number of aryl methyl sites for hydroxylation is 1. The molecule has 1 fully saturated rings. The maximum absolute atomic E-state index is 4.39. The van der Waals surface area contributed by atoms with Crippen LogP contribution in [0.3, 0.4) is 0 Å². The highest BCUT2D eigenvalue weighted by Crippen LogP contribution is 2.27. The predicted molar refractivity (Wildman–Crippen MR) is 102 cm³/mol. The number of hydrogen-bond donors (Lipinski definition) is 0. The van der Waals surface area contributed by atoms with Crippen molar-refractivity contribution in [1.29, 1.82) is 0 Å². The molecule has 0 atom stereocenters. The largest absolute Gasteiger partial charge is 0.229 e. The van der Waals surface area contributed by atoms with Crippen LogP contribution in [0.5, 0.6) is 0 Å². The van der Waals surface area contributed by atoms with Gasteiger partial charge in [-0.25, -0.2) is 9.97 Å². The summed E-state index contributed by atoms with van der Waals surface area (Å²) in [6.45, 7) is 8.42. The van der Waals surface area contributed by atoms with Crippen LogP contribution < -0.4 is 0 Å². The third kappa shape index (κ3) is 5.20. The molecule has 2 aromatic rings. The summed E-state index contributed by atoms with van der Waals surface area (Å²) in [5.74, 6) is 8.52. The van der Waals surface area contributed by atoms with E-state index in [9.17, 15) is 0 Å². The lowest BCUT2D eigenvalue weighted by molar-refractivity contribution is 0.337. The summed E-state index contributed by atoms with van der Waals surface area (Å²) < 4.78 is 0. The van der Waals surface area contributed by atoms with Gasteiger partial charge in [-0.2, -0.15) is 0 Å². The molecule has 1 aliphatic rings. The van der Waals surface area contributed by atoms with Gasteiger partial charge in [-0.05, 0) is 50.0 Å². The molecule has 1 aromatic heterocycles. The minimum Gasteiger partial charge on any atom is -0.229 e. The summed E-state index contributed by atoms with van der Waals surface area (Å²) in [6, 6.07) is 8.41. The Bertz CT molecular complexity index is 667. The minimum absolute atomic E-state index is 0.525. The van der Waals surface area contributed by atoms with Crippen LogP contribution in [0.4, 0.5) is 0 Å². The average Bonchev–Trinajstić information content (AvgIpc) is 2.64. The van der Waals surface area contributed by atoms with E-state index in [4.69, 9.17) is 0 Å². The van der Waals surface area contributed by atoms with E-state index in [1.165, 1.54) is 31.2 Å². The van der Waals surface area contributed by atoms with E-state index < -0.39 is 0 Å². The zero-order chi connectivity index (χ0) is 17.4. The molecule has 2 heteroatoms. The summed E-state index contributed by atoms with van der Waals surface area (Å²) in [5, 5.41) is 0. The lowest BCUT2D eigenvalue weighted by atomic mass is 9.83. The van der Waals surface area contributed by atoms with Gasteiger partial charge in [0.05, 0.1) is 0 Å². The smallest absolute Gasteiger partial charge is 0.204 e. The van der Waals surface area contributed by atoms with Crippen molar-refractivity contribution in [3.63, 3.8) is 0 Å². The molecule has 1 saturated carbocycles. The van der Waals surface area contributed by atoms with Crippen molar-refractivity contribution in [2.24, 2.45) is 11.8 Å². The van der Waals surface area contributed by atoms with Crippen LogP contribution >= 0.6 is 0 Å². The van der Waals surface area contributed by atoms with Gasteiger partial charge in [-0.15, -0.1) is 0 Å². The van der Waals surface area contributed by atoms with Gasteiger partial charge in [0, 0.05) is 23.9 Å². The molecule has 0 N–H and O–H groups in total. The Morgan fingerprint density at radius 2 is 1.46 bits per heavy atom. The number of nitrogens with zero attached hydrogens (tertiary/aromatic N) is 2. The van der Waals surface area contributed by atoms with Gasteiger partial charge in [0.25, 0.3) is 0 Å². The maximum atomic E-state index is 4.39. The van der Waals surface area contributed by atoms with Crippen molar-refractivity contribution in [1.82, 2.24) is 9.97 Å². The minimum atomic E-state index is 0.525. The van der Waals surface area contributed by atoms with Crippen LogP contribution in [0.25, 0.3) is 11.1 Å². The van der Waals surface area contributed by atoms with Gasteiger partial charge >= 0.3 is 0 Å². The van der Waals surface area contributed by atoms with E-state index >= 15 is 0 Å². The molecule has 0 bridgehead atoms. The lowest BCUT2D eigenvalue weighted by Gasteiger charge is -2.21. The molecule has 2 nitrogen and oxygen atoms in total. The third-order valence-corrected chi connectivity index (χ3v) is 4.44. The topological polar surface area (TPSA) is 25.8 Å². The van der Waals surface area contributed by atoms with Crippen LogP contribution in [0.2, 0.25) is 0 Å². The predicted octanol–water partition coefficient (Wildman–Crippen LogP) is 5.66. The first-order chi connectivity index (χ1) is 11.7. The van der Waals surface area contributed by atoms with Crippen molar-refractivity contribution in [3.05, 3.63) is 48.0 Å². The Morgan fingerprint density at radius 3 is 2.04 bits per heavy atom. The molecule has 0 amide bonds. The molecule has 1 aliphatic carbocycles. The monoisotopic (exact) mass is 320 g/mol. The van der Waals surface area contributed by atoms with Crippen LogP contribution in [-0.4, -0.2) is 9.97 Å². The molecule has 1 aromatic carbocycles. The molecule has 0 saturated heterocycles. The van der Waals surface area contributed by atoms with E-state index in [0.29, 0.717) is 11.7 Å². The summed E-state index contributed by atoms with van der Waals surface area (Å²) in [6.07, 6.45) is 8.76. The van der Waals surface area contributed by atoms with Crippen molar-refractivity contribution in [3.8, 4) is 23.0 Å². The lowest BCUT2D eigenvalue weighted by Crippen LogP contribution is -2.10. The summed E-state index contributed by atoms with van der Waals surface area (Å²) in [4.78, 5) is 8.78. The molecule has 0 aliphatic heterocycles. The fourth-order valence-corrected chi connectivity index (χ4v) is 2.86. The first-order valence-corrected chi connectivity index (χ1v) is 9.11. The first-order valence-electron chi connectivity index (χ1n) is 9.11. The Balaban J connectivity index is 0.00000100. The second-order valence-corrected chi connectivity index (χ2v) is 6.39. The quantitative estimate of drug-likeness (QED) is 0.634. The average molecular weight is 320 g/mol. The zero-order valence-corrected chi connectivity index (χ0v) is 15.3. The van der Waals surface area contributed by atoms with E-state index in [2.05, 4.69) is 59.9 Å². The van der Waals surface area contributed by atoms with Gasteiger partial charge in [0.15, 0.2) is 0 Å². The summed E-state index contributed by atoms with van der Waals surface area (Å²) in [7, 11) is 0. The molecule has 0 spiro atoms. The van der Waals surface area contributed by atoms with E-state index in [-0.39, 0.29) is 0 Å². The van der Waals surface area contributed by atoms with Crippen molar-refractivity contribution in [2.75, 3.05) is 0 Å². The van der Waals surface area contributed by atoms with Crippen LogP contribution in [0.1, 0.15) is 57.8 Å².